The van der Waals surface area contributed by atoms with Crippen LogP contribution in [0.5, 0.6) is 0 Å². The van der Waals surface area contributed by atoms with Crippen molar-refractivity contribution >= 4 is 21.7 Å². The maximum Gasteiger partial charge on any atom is 0.256 e. The van der Waals surface area contributed by atoms with Gasteiger partial charge >= 0.3 is 0 Å². The average molecular weight is 333 g/mol. The van der Waals surface area contributed by atoms with Crippen molar-refractivity contribution in [3.05, 3.63) is 53.7 Å². The predicted octanol–water partition coefficient (Wildman–Crippen LogP) is 2.33. The first-order chi connectivity index (χ1) is 10.8. The highest BCUT2D eigenvalue weighted by molar-refractivity contribution is 7.89. The van der Waals surface area contributed by atoms with E-state index in [1.807, 2.05) is 13.0 Å². The van der Waals surface area contributed by atoms with Crippen molar-refractivity contribution in [3.8, 4) is 0 Å². The number of rotatable bonds is 5. The van der Waals surface area contributed by atoms with Gasteiger partial charge in [-0.05, 0) is 51.1 Å². The van der Waals surface area contributed by atoms with Crippen LogP contribution in [0.3, 0.4) is 0 Å². The Morgan fingerprint density at radius 1 is 1.13 bits per heavy atom. The van der Waals surface area contributed by atoms with Crippen LogP contribution in [0.2, 0.25) is 0 Å². The van der Waals surface area contributed by atoms with Crippen LogP contribution >= 0.6 is 0 Å². The van der Waals surface area contributed by atoms with E-state index in [0.717, 1.165) is 5.69 Å². The molecule has 2 aromatic rings. The molecule has 0 atom stereocenters. The highest BCUT2D eigenvalue weighted by Crippen LogP contribution is 2.14. The molecule has 0 aliphatic rings. The maximum atomic E-state index is 12.3. The molecule has 0 spiro atoms. The van der Waals surface area contributed by atoms with Crippen molar-refractivity contribution in [3.63, 3.8) is 0 Å². The minimum atomic E-state index is -3.64. The summed E-state index contributed by atoms with van der Waals surface area (Å²) < 4.78 is 26.8. The lowest BCUT2D eigenvalue weighted by atomic mass is 10.2. The number of amides is 1. The molecule has 0 bridgehead atoms. The van der Waals surface area contributed by atoms with E-state index in [-0.39, 0.29) is 16.5 Å². The second-order valence-electron chi connectivity index (χ2n) is 5.42. The molecule has 0 unspecified atom stereocenters. The van der Waals surface area contributed by atoms with Crippen LogP contribution < -0.4 is 10.0 Å². The van der Waals surface area contributed by atoms with Gasteiger partial charge in [0.25, 0.3) is 5.91 Å². The van der Waals surface area contributed by atoms with Gasteiger partial charge in [-0.2, -0.15) is 0 Å². The van der Waals surface area contributed by atoms with Crippen LogP contribution in [0, 0.1) is 6.92 Å². The lowest BCUT2D eigenvalue weighted by Gasteiger charge is -2.11. The highest BCUT2D eigenvalue weighted by Gasteiger charge is 2.17. The molecule has 2 rings (SSSR count). The molecule has 23 heavy (non-hydrogen) atoms. The summed E-state index contributed by atoms with van der Waals surface area (Å²) in [6.07, 6.45) is 0. The van der Waals surface area contributed by atoms with Crippen LogP contribution in [-0.4, -0.2) is 25.4 Å². The second kappa shape index (κ2) is 6.89. The fourth-order valence-electron chi connectivity index (χ4n) is 1.98. The van der Waals surface area contributed by atoms with Gasteiger partial charge in [-0.1, -0.05) is 12.1 Å². The number of nitrogens with one attached hydrogen (secondary N) is 2. The standard InChI is InChI=1S/C16H19N3O3S/c1-11(2)19-23(21,22)14-8-5-7-13(10-14)16(20)18-15-9-4-6-12(3)17-15/h4-11,19H,1-3H3,(H,17,18,20). The van der Waals surface area contributed by atoms with Gasteiger partial charge < -0.3 is 5.32 Å². The number of aromatic nitrogens is 1. The number of carbonyl (C=O) groups is 1. The van der Waals surface area contributed by atoms with Crippen LogP contribution in [0.1, 0.15) is 29.9 Å². The predicted molar refractivity (Wildman–Crippen MR) is 88.8 cm³/mol. The van der Waals surface area contributed by atoms with Crippen LogP contribution in [0.4, 0.5) is 5.82 Å². The molecule has 1 aromatic carbocycles. The second-order valence-corrected chi connectivity index (χ2v) is 7.14. The van der Waals surface area contributed by atoms with E-state index in [1.165, 1.54) is 18.2 Å². The third-order valence-electron chi connectivity index (χ3n) is 2.93. The summed E-state index contributed by atoms with van der Waals surface area (Å²) in [5.74, 6) is 0.00765. The lowest BCUT2D eigenvalue weighted by Crippen LogP contribution is -2.30. The van der Waals surface area contributed by atoms with E-state index in [0.29, 0.717) is 5.82 Å². The van der Waals surface area contributed by atoms with E-state index < -0.39 is 15.9 Å². The third kappa shape index (κ3) is 4.61. The molecule has 6 nitrogen and oxygen atoms in total. The number of benzene rings is 1. The summed E-state index contributed by atoms with van der Waals surface area (Å²) in [7, 11) is -3.64. The summed E-state index contributed by atoms with van der Waals surface area (Å²) in [6.45, 7) is 5.29. The van der Waals surface area contributed by atoms with Gasteiger partial charge in [0.05, 0.1) is 4.90 Å². The SMILES string of the molecule is Cc1cccc(NC(=O)c2cccc(S(=O)(=O)NC(C)C)c2)n1. The Balaban J connectivity index is 2.24. The van der Waals surface area contributed by atoms with Gasteiger partial charge in [-0.15, -0.1) is 0 Å². The summed E-state index contributed by atoms with van der Waals surface area (Å²) in [4.78, 5) is 16.5. The Morgan fingerprint density at radius 3 is 2.48 bits per heavy atom. The van der Waals surface area contributed by atoms with Crippen molar-refractivity contribution < 1.29 is 13.2 Å². The Bertz CT molecular complexity index is 817. The molecule has 122 valence electrons. The molecule has 1 amide bonds. The van der Waals surface area contributed by atoms with Crippen LogP contribution in [0.15, 0.2) is 47.4 Å². The Morgan fingerprint density at radius 2 is 1.83 bits per heavy atom. The Kier molecular flexibility index (Phi) is 5.12. The minimum Gasteiger partial charge on any atom is -0.307 e. The number of anilines is 1. The van der Waals surface area contributed by atoms with Gasteiger partial charge in [0.15, 0.2) is 0 Å². The van der Waals surface area contributed by atoms with Crippen molar-refractivity contribution in [2.75, 3.05) is 5.32 Å². The summed E-state index contributed by atoms with van der Waals surface area (Å²) in [5.41, 5.74) is 1.03. The van der Waals surface area contributed by atoms with Crippen molar-refractivity contribution in [1.29, 1.82) is 0 Å². The first-order valence-corrected chi connectivity index (χ1v) is 8.63. The summed E-state index contributed by atoms with van der Waals surface area (Å²) in [5, 5.41) is 2.65. The van der Waals surface area contributed by atoms with Crippen molar-refractivity contribution in [2.24, 2.45) is 0 Å². The smallest absolute Gasteiger partial charge is 0.256 e. The number of pyridine rings is 1. The fourth-order valence-corrected chi connectivity index (χ4v) is 3.28. The maximum absolute atomic E-state index is 12.3. The van der Waals surface area contributed by atoms with Crippen molar-refractivity contribution in [2.45, 2.75) is 31.7 Å². The third-order valence-corrected chi connectivity index (χ3v) is 4.58. The Hall–Kier alpha value is -2.25. The fraction of sp³-hybridized carbons (Fsp3) is 0.250. The molecule has 0 radical (unpaired) electrons. The summed E-state index contributed by atoms with van der Waals surface area (Å²) in [6, 6.07) is 10.9. The quantitative estimate of drug-likeness (QED) is 0.879. The van der Waals surface area contributed by atoms with E-state index in [2.05, 4.69) is 15.0 Å². The first-order valence-electron chi connectivity index (χ1n) is 7.15. The topological polar surface area (TPSA) is 88.2 Å². The highest BCUT2D eigenvalue weighted by atomic mass is 32.2. The van der Waals surface area contributed by atoms with Gasteiger partial charge in [-0.3, -0.25) is 4.79 Å². The molecule has 0 aliphatic carbocycles. The van der Waals surface area contributed by atoms with Gasteiger partial charge in [0.2, 0.25) is 10.0 Å². The van der Waals surface area contributed by atoms with E-state index >= 15 is 0 Å². The lowest BCUT2D eigenvalue weighted by molar-refractivity contribution is 0.102. The van der Waals surface area contributed by atoms with Gasteiger partial charge in [0, 0.05) is 17.3 Å². The zero-order valence-electron chi connectivity index (χ0n) is 13.2. The van der Waals surface area contributed by atoms with Gasteiger partial charge in [-0.25, -0.2) is 18.1 Å². The number of aryl methyl sites for hydroxylation is 1. The van der Waals surface area contributed by atoms with Crippen LogP contribution in [-0.2, 0) is 10.0 Å². The van der Waals surface area contributed by atoms with E-state index in [4.69, 9.17) is 0 Å². The average Bonchev–Trinajstić information content (AvgIpc) is 2.46. The molecule has 0 aliphatic heterocycles. The zero-order valence-corrected chi connectivity index (χ0v) is 14.0. The first kappa shape index (κ1) is 17.1. The van der Waals surface area contributed by atoms with Crippen LogP contribution in [0.25, 0.3) is 0 Å². The summed E-state index contributed by atoms with van der Waals surface area (Å²) >= 11 is 0. The molecule has 0 saturated heterocycles. The Labute approximate surface area is 136 Å². The number of hydrogen-bond acceptors (Lipinski definition) is 4. The molecule has 0 saturated carbocycles. The molecular formula is C16H19N3O3S. The molecule has 2 N–H and O–H groups in total. The largest absolute Gasteiger partial charge is 0.307 e. The normalized spacial score (nSPS) is 11.5. The molecule has 7 heteroatoms. The van der Waals surface area contributed by atoms with E-state index in [9.17, 15) is 13.2 Å². The molecule has 1 aromatic heterocycles. The molecule has 0 fully saturated rings. The van der Waals surface area contributed by atoms with Crippen molar-refractivity contribution in [1.82, 2.24) is 9.71 Å². The van der Waals surface area contributed by atoms with Gasteiger partial charge in [0.1, 0.15) is 5.82 Å². The number of hydrogen-bond donors (Lipinski definition) is 2. The number of nitrogens with zero attached hydrogens (tertiary/aromatic N) is 1. The number of carbonyl (C=O) groups excluding carboxylic acids is 1. The molecule has 1 heterocycles. The number of sulfonamides is 1. The van der Waals surface area contributed by atoms with E-state index in [1.54, 1.807) is 32.0 Å². The molecular weight excluding hydrogens is 314 g/mol. The monoisotopic (exact) mass is 333 g/mol. The zero-order chi connectivity index (χ0) is 17.0. The minimum absolute atomic E-state index is 0.0519.